The lowest BCUT2D eigenvalue weighted by molar-refractivity contribution is 0.102. The molecule has 0 spiro atoms. The Labute approximate surface area is 172 Å². The van der Waals surface area contributed by atoms with Crippen molar-refractivity contribution in [2.24, 2.45) is 0 Å². The SMILES string of the molecule is CCOc1cc2c(cc1NC(=O)c1ccc3c(=O)n(CC)c(=O)[nH]c3c1)OC(C)C2. The van der Waals surface area contributed by atoms with Crippen molar-refractivity contribution in [2.75, 3.05) is 11.9 Å². The molecule has 8 heteroatoms. The van der Waals surface area contributed by atoms with E-state index in [0.29, 0.717) is 34.5 Å². The molecule has 1 aliphatic rings. The standard InChI is InChI=1S/C22H23N3O5/c1-4-25-21(27)15-7-6-13(9-16(15)24-22(25)28)20(26)23-17-11-18-14(8-12(3)30-18)10-19(17)29-5-2/h6-7,9-12H,4-5,8H2,1-3H3,(H,23,26)(H,24,28). The van der Waals surface area contributed by atoms with Gasteiger partial charge in [-0.05, 0) is 45.0 Å². The van der Waals surface area contributed by atoms with Crippen LogP contribution in [0, 0.1) is 0 Å². The van der Waals surface area contributed by atoms with E-state index in [9.17, 15) is 14.4 Å². The molecule has 8 nitrogen and oxygen atoms in total. The number of carbonyl (C=O) groups is 1. The van der Waals surface area contributed by atoms with Crippen molar-refractivity contribution in [3.8, 4) is 11.5 Å². The second-order valence-corrected chi connectivity index (χ2v) is 7.22. The number of fused-ring (bicyclic) bond motifs is 2. The number of H-pyrrole nitrogens is 1. The quantitative estimate of drug-likeness (QED) is 0.675. The monoisotopic (exact) mass is 409 g/mol. The Morgan fingerprint density at radius 1 is 1.27 bits per heavy atom. The van der Waals surface area contributed by atoms with E-state index in [0.717, 1.165) is 22.3 Å². The number of aromatic nitrogens is 2. The van der Waals surface area contributed by atoms with Gasteiger partial charge in [-0.3, -0.25) is 14.2 Å². The van der Waals surface area contributed by atoms with Crippen LogP contribution in [-0.2, 0) is 13.0 Å². The van der Waals surface area contributed by atoms with Gasteiger partial charge in [-0.2, -0.15) is 0 Å². The molecular formula is C22H23N3O5. The molecule has 3 aromatic rings. The summed E-state index contributed by atoms with van der Waals surface area (Å²) in [5, 5.41) is 3.20. The van der Waals surface area contributed by atoms with E-state index in [4.69, 9.17) is 9.47 Å². The summed E-state index contributed by atoms with van der Waals surface area (Å²) in [4.78, 5) is 40.1. The Hall–Kier alpha value is -3.55. The molecule has 0 radical (unpaired) electrons. The van der Waals surface area contributed by atoms with Crippen LogP contribution in [-0.4, -0.2) is 28.2 Å². The highest BCUT2D eigenvalue weighted by molar-refractivity contribution is 6.06. The van der Waals surface area contributed by atoms with E-state index in [1.165, 1.54) is 6.07 Å². The van der Waals surface area contributed by atoms with Gasteiger partial charge in [0.2, 0.25) is 0 Å². The number of anilines is 1. The number of rotatable bonds is 5. The third-order valence-corrected chi connectivity index (χ3v) is 5.11. The Morgan fingerprint density at radius 3 is 2.80 bits per heavy atom. The number of nitrogens with one attached hydrogen (secondary N) is 2. The Morgan fingerprint density at radius 2 is 2.07 bits per heavy atom. The first-order valence-corrected chi connectivity index (χ1v) is 9.95. The first kappa shape index (κ1) is 19.8. The molecule has 0 saturated heterocycles. The third-order valence-electron chi connectivity index (χ3n) is 5.11. The van der Waals surface area contributed by atoms with Gasteiger partial charge in [0, 0.05) is 30.2 Å². The summed E-state index contributed by atoms with van der Waals surface area (Å²) in [7, 11) is 0. The highest BCUT2D eigenvalue weighted by atomic mass is 16.5. The molecule has 30 heavy (non-hydrogen) atoms. The van der Waals surface area contributed by atoms with Gasteiger partial charge < -0.3 is 19.8 Å². The summed E-state index contributed by atoms with van der Waals surface area (Å²) in [6.45, 7) is 6.31. The van der Waals surface area contributed by atoms with Crippen LogP contribution in [0.4, 0.5) is 5.69 Å². The lowest BCUT2D eigenvalue weighted by atomic mass is 10.1. The van der Waals surface area contributed by atoms with Crippen LogP contribution < -0.4 is 26.0 Å². The summed E-state index contributed by atoms with van der Waals surface area (Å²) in [5.41, 5.74) is 1.29. The second kappa shape index (κ2) is 7.70. The summed E-state index contributed by atoms with van der Waals surface area (Å²) in [5.74, 6) is 0.913. The van der Waals surface area contributed by atoms with Crippen LogP contribution >= 0.6 is 0 Å². The molecule has 1 aromatic heterocycles. The molecule has 2 heterocycles. The van der Waals surface area contributed by atoms with Crippen LogP contribution in [0.3, 0.4) is 0 Å². The topological polar surface area (TPSA) is 102 Å². The highest BCUT2D eigenvalue weighted by Crippen LogP contribution is 2.38. The van der Waals surface area contributed by atoms with Crippen molar-refractivity contribution < 1.29 is 14.3 Å². The van der Waals surface area contributed by atoms with Crippen LogP contribution in [0.15, 0.2) is 39.9 Å². The first-order chi connectivity index (χ1) is 14.4. The average Bonchev–Trinajstić information content (AvgIpc) is 3.07. The predicted molar refractivity (Wildman–Crippen MR) is 114 cm³/mol. The number of ether oxygens (including phenoxy) is 2. The molecular weight excluding hydrogens is 386 g/mol. The van der Waals surface area contributed by atoms with Gasteiger partial charge in [0.1, 0.15) is 17.6 Å². The summed E-state index contributed by atoms with van der Waals surface area (Å²) < 4.78 is 12.6. The fourth-order valence-corrected chi connectivity index (χ4v) is 3.69. The van der Waals surface area contributed by atoms with E-state index >= 15 is 0 Å². The molecule has 1 unspecified atom stereocenters. The second-order valence-electron chi connectivity index (χ2n) is 7.22. The minimum Gasteiger partial charge on any atom is -0.492 e. The average molecular weight is 409 g/mol. The van der Waals surface area contributed by atoms with Gasteiger partial charge in [-0.25, -0.2) is 4.79 Å². The minimum absolute atomic E-state index is 0.0740. The smallest absolute Gasteiger partial charge is 0.328 e. The van der Waals surface area contributed by atoms with Crippen LogP contribution in [0.25, 0.3) is 10.9 Å². The molecule has 2 N–H and O–H groups in total. The summed E-state index contributed by atoms with van der Waals surface area (Å²) in [6, 6.07) is 8.27. The minimum atomic E-state index is -0.504. The van der Waals surface area contributed by atoms with Gasteiger partial charge in [0.25, 0.3) is 11.5 Å². The van der Waals surface area contributed by atoms with E-state index < -0.39 is 5.69 Å². The zero-order valence-corrected chi connectivity index (χ0v) is 17.1. The highest BCUT2D eigenvalue weighted by Gasteiger charge is 2.23. The number of nitrogens with zero attached hydrogens (tertiary/aromatic N) is 1. The fraction of sp³-hybridized carbons (Fsp3) is 0.318. The summed E-state index contributed by atoms with van der Waals surface area (Å²) >= 11 is 0. The van der Waals surface area contributed by atoms with E-state index in [1.54, 1.807) is 25.1 Å². The zero-order chi connectivity index (χ0) is 21.4. The molecule has 1 amide bonds. The largest absolute Gasteiger partial charge is 0.492 e. The maximum atomic E-state index is 12.9. The van der Waals surface area contributed by atoms with Gasteiger partial charge in [0.05, 0.1) is 23.2 Å². The van der Waals surface area contributed by atoms with Crippen LogP contribution in [0.1, 0.15) is 36.7 Å². The van der Waals surface area contributed by atoms with E-state index in [1.807, 2.05) is 19.9 Å². The molecule has 0 aliphatic carbocycles. The number of hydrogen-bond donors (Lipinski definition) is 2. The van der Waals surface area contributed by atoms with E-state index in [-0.39, 0.29) is 24.1 Å². The Kier molecular flexibility index (Phi) is 5.07. The normalized spacial score (nSPS) is 15.0. The van der Waals surface area contributed by atoms with Crippen LogP contribution in [0.5, 0.6) is 11.5 Å². The number of carbonyl (C=O) groups excluding carboxylic acids is 1. The molecule has 0 bridgehead atoms. The van der Waals surface area contributed by atoms with Crippen molar-refractivity contribution in [3.05, 3.63) is 62.3 Å². The maximum absolute atomic E-state index is 12.9. The maximum Gasteiger partial charge on any atom is 0.328 e. The molecule has 4 rings (SSSR count). The third kappa shape index (κ3) is 3.45. The molecule has 1 aliphatic heterocycles. The van der Waals surface area contributed by atoms with Crippen molar-refractivity contribution in [1.29, 1.82) is 0 Å². The Balaban J connectivity index is 1.69. The number of amides is 1. The number of hydrogen-bond acceptors (Lipinski definition) is 5. The molecule has 1 atom stereocenters. The van der Waals surface area contributed by atoms with Crippen molar-refractivity contribution in [2.45, 2.75) is 39.8 Å². The Bertz CT molecular complexity index is 1260. The number of aromatic amines is 1. The van der Waals surface area contributed by atoms with Gasteiger partial charge in [-0.1, -0.05) is 0 Å². The van der Waals surface area contributed by atoms with Gasteiger partial charge >= 0.3 is 5.69 Å². The van der Waals surface area contributed by atoms with E-state index in [2.05, 4.69) is 10.3 Å². The lowest BCUT2D eigenvalue weighted by Gasteiger charge is -2.14. The van der Waals surface area contributed by atoms with Crippen molar-refractivity contribution >= 4 is 22.5 Å². The predicted octanol–water partition coefficient (Wildman–Crippen LogP) is 2.68. The zero-order valence-electron chi connectivity index (χ0n) is 17.1. The molecule has 0 fully saturated rings. The van der Waals surface area contributed by atoms with Gasteiger partial charge in [0.15, 0.2) is 0 Å². The fourth-order valence-electron chi connectivity index (χ4n) is 3.69. The van der Waals surface area contributed by atoms with Crippen molar-refractivity contribution in [1.82, 2.24) is 9.55 Å². The molecule has 0 saturated carbocycles. The number of benzene rings is 2. The molecule has 2 aromatic carbocycles. The lowest BCUT2D eigenvalue weighted by Crippen LogP contribution is -2.34. The molecule has 156 valence electrons. The first-order valence-electron chi connectivity index (χ1n) is 9.95. The van der Waals surface area contributed by atoms with Crippen LogP contribution in [0.2, 0.25) is 0 Å². The van der Waals surface area contributed by atoms with Crippen molar-refractivity contribution in [3.63, 3.8) is 0 Å². The summed E-state index contributed by atoms with van der Waals surface area (Å²) in [6.07, 6.45) is 0.863. The van der Waals surface area contributed by atoms with Gasteiger partial charge in [-0.15, -0.1) is 0 Å².